The Morgan fingerprint density at radius 3 is 2.25 bits per heavy atom. The number of rotatable bonds is 7. The van der Waals surface area contributed by atoms with Crippen molar-refractivity contribution in [3.05, 3.63) is 106 Å². The second-order valence-corrected chi connectivity index (χ2v) is 8.51. The molecule has 3 nitrogen and oxygen atoms in total. The molecule has 4 aromatic rings. The molecule has 0 radical (unpaired) electrons. The van der Waals surface area contributed by atoms with Crippen molar-refractivity contribution in [2.75, 3.05) is 0 Å². The van der Waals surface area contributed by atoms with E-state index in [9.17, 15) is 9.18 Å². The predicted molar refractivity (Wildman–Crippen MR) is 125 cm³/mol. The van der Waals surface area contributed by atoms with Crippen molar-refractivity contribution in [2.24, 2.45) is 0 Å². The lowest BCUT2D eigenvalue weighted by Crippen LogP contribution is -2.16. The van der Waals surface area contributed by atoms with Gasteiger partial charge in [0, 0.05) is 17.7 Å². The minimum Gasteiger partial charge on any atom is -0.407 e. The highest BCUT2D eigenvalue weighted by Crippen LogP contribution is 2.37. The molecule has 1 heterocycles. The lowest BCUT2D eigenvalue weighted by Gasteiger charge is -2.26. The Hall–Kier alpha value is -3.40. The number of hydrogen-bond acceptors (Lipinski definition) is 2. The molecule has 0 amide bonds. The van der Waals surface area contributed by atoms with Gasteiger partial charge in [0.15, 0.2) is 5.76 Å². The minimum absolute atomic E-state index is 0.166. The fraction of sp³-hybridized carbons (Fsp3) is 0.250. The highest BCUT2D eigenvalue weighted by molar-refractivity contribution is 5.77. The maximum absolute atomic E-state index is 14.4. The van der Waals surface area contributed by atoms with Crippen molar-refractivity contribution in [3.8, 4) is 22.6 Å². The van der Waals surface area contributed by atoms with E-state index in [2.05, 4.69) is 0 Å². The molecule has 0 N–H and O–H groups in total. The van der Waals surface area contributed by atoms with Crippen molar-refractivity contribution < 1.29 is 8.81 Å². The normalized spacial score (nSPS) is 13.8. The lowest BCUT2D eigenvalue weighted by atomic mass is 9.79. The van der Waals surface area contributed by atoms with Gasteiger partial charge >= 0.3 is 5.76 Å². The predicted octanol–water partition coefficient (Wildman–Crippen LogP) is 6.81. The van der Waals surface area contributed by atoms with E-state index in [0.29, 0.717) is 31.1 Å². The van der Waals surface area contributed by atoms with Gasteiger partial charge in [0.05, 0.1) is 5.69 Å². The quantitative estimate of drug-likeness (QED) is 0.325. The molecule has 5 rings (SSSR count). The van der Waals surface area contributed by atoms with Crippen LogP contribution in [-0.4, -0.2) is 4.57 Å². The highest BCUT2D eigenvalue weighted by atomic mass is 19.1. The van der Waals surface area contributed by atoms with E-state index >= 15 is 0 Å². The van der Waals surface area contributed by atoms with Crippen LogP contribution in [0, 0.1) is 5.82 Å². The van der Waals surface area contributed by atoms with Gasteiger partial charge in [-0.15, -0.1) is 0 Å². The molecule has 32 heavy (non-hydrogen) atoms. The maximum atomic E-state index is 14.4. The van der Waals surface area contributed by atoms with Gasteiger partial charge in [0.2, 0.25) is 0 Å². The summed E-state index contributed by atoms with van der Waals surface area (Å²) >= 11 is 0. The number of nitrogens with zero attached hydrogens (tertiary/aromatic N) is 1. The van der Waals surface area contributed by atoms with Gasteiger partial charge in [0.25, 0.3) is 0 Å². The summed E-state index contributed by atoms with van der Waals surface area (Å²) < 4.78 is 21.8. The van der Waals surface area contributed by atoms with E-state index in [4.69, 9.17) is 4.42 Å². The van der Waals surface area contributed by atoms with Crippen LogP contribution in [0.3, 0.4) is 0 Å². The number of aromatic nitrogens is 1. The third-order valence-electron chi connectivity index (χ3n) is 6.45. The van der Waals surface area contributed by atoms with E-state index in [1.54, 1.807) is 10.6 Å². The Morgan fingerprint density at radius 1 is 0.906 bits per heavy atom. The van der Waals surface area contributed by atoms with Crippen molar-refractivity contribution in [2.45, 2.75) is 44.6 Å². The molecule has 1 aliphatic carbocycles. The zero-order chi connectivity index (χ0) is 21.9. The van der Waals surface area contributed by atoms with E-state index in [1.165, 1.54) is 24.8 Å². The summed E-state index contributed by atoms with van der Waals surface area (Å²) in [6, 6.07) is 25.0. The molecule has 162 valence electrons. The van der Waals surface area contributed by atoms with Gasteiger partial charge in [-0.3, -0.25) is 4.57 Å². The summed E-state index contributed by atoms with van der Waals surface area (Å²) in [5.41, 5.74) is 4.53. The fourth-order valence-electron chi connectivity index (χ4n) is 4.49. The summed E-state index contributed by atoms with van der Waals surface area (Å²) in [5, 5.41) is 0. The molecule has 0 aliphatic heterocycles. The molecule has 0 bridgehead atoms. The largest absolute Gasteiger partial charge is 0.419 e. The van der Waals surface area contributed by atoms with Gasteiger partial charge in [-0.25, -0.2) is 9.18 Å². The summed E-state index contributed by atoms with van der Waals surface area (Å²) in [7, 11) is 0. The maximum Gasteiger partial charge on any atom is 0.419 e. The van der Waals surface area contributed by atoms with Gasteiger partial charge in [-0.2, -0.15) is 0 Å². The molecule has 1 aromatic heterocycles. The molecule has 0 unspecified atom stereocenters. The Labute approximate surface area is 187 Å². The van der Waals surface area contributed by atoms with Crippen LogP contribution in [0.1, 0.15) is 42.7 Å². The molecule has 3 aromatic carbocycles. The van der Waals surface area contributed by atoms with E-state index in [-0.39, 0.29) is 11.6 Å². The van der Waals surface area contributed by atoms with Crippen LogP contribution < -0.4 is 5.76 Å². The summed E-state index contributed by atoms with van der Waals surface area (Å²) in [4.78, 5) is 12.8. The summed E-state index contributed by atoms with van der Waals surface area (Å²) in [5.74, 6) is 0.594. The Bertz CT molecular complexity index is 1250. The molecular weight excluding hydrogens is 401 g/mol. The number of oxazole rings is 1. The molecular formula is C28H26FNO2. The second-order valence-electron chi connectivity index (χ2n) is 8.51. The summed E-state index contributed by atoms with van der Waals surface area (Å²) in [6.07, 6.45) is 4.88. The zero-order valence-corrected chi connectivity index (χ0v) is 18.0. The SMILES string of the molecule is O=c1oc(-c2ccccc2)c(-c2ccccc2)n1CCCc1cc(C2CCC2)ccc1F. The van der Waals surface area contributed by atoms with Gasteiger partial charge in [-0.05, 0) is 48.8 Å². The van der Waals surface area contributed by atoms with Crippen LogP contribution in [0.5, 0.6) is 0 Å². The molecule has 1 saturated carbocycles. The average Bonchev–Trinajstić information content (AvgIpc) is 3.12. The van der Waals surface area contributed by atoms with Crippen molar-refractivity contribution in [3.63, 3.8) is 0 Å². The first kappa shape index (κ1) is 20.5. The van der Waals surface area contributed by atoms with Crippen molar-refractivity contribution >= 4 is 0 Å². The molecule has 0 saturated heterocycles. The van der Waals surface area contributed by atoms with Crippen LogP contribution in [0.4, 0.5) is 4.39 Å². The van der Waals surface area contributed by atoms with Crippen LogP contribution in [0.25, 0.3) is 22.6 Å². The monoisotopic (exact) mass is 427 g/mol. The number of halogens is 1. The standard InChI is InChI=1S/C28H26FNO2/c29-25-17-16-23(20-13-7-14-20)19-24(25)15-8-18-30-26(21-9-3-1-4-10-21)27(32-28(30)31)22-11-5-2-6-12-22/h1-6,9-12,16-17,19-20H,7-8,13-15,18H2. The first-order valence-corrected chi connectivity index (χ1v) is 11.3. The summed E-state index contributed by atoms with van der Waals surface area (Å²) in [6.45, 7) is 0.465. The van der Waals surface area contributed by atoms with E-state index < -0.39 is 0 Å². The first-order chi connectivity index (χ1) is 15.7. The molecule has 0 spiro atoms. The number of hydrogen-bond donors (Lipinski definition) is 0. The lowest BCUT2D eigenvalue weighted by molar-refractivity contribution is 0.418. The fourth-order valence-corrected chi connectivity index (χ4v) is 4.49. The minimum atomic E-state index is -0.383. The molecule has 0 atom stereocenters. The second kappa shape index (κ2) is 8.99. The van der Waals surface area contributed by atoms with Gasteiger partial charge in [0.1, 0.15) is 5.82 Å². The number of benzene rings is 3. The Balaban J connectivity index is 1.43. The van der Waals surface area contributed by atoms with Gasteiger partial charge in [-0.1, -0.05) is 79.2 Å². The van der Waals surface area contributed by atoms with Gasteiger partial charge < -0.3 is 4.42 Å². The Morgan fingerprint density at radius 2 is 1.59 bits per heavy atom. The van der Waals surface area contributed by atoms with E-state index in [1.807, 2.05) is 72.8 Å². The first-order valence-electron chi connectivity index (χ1n) is 11.3. The topological polar surface area (TPSA) is 35.1 Å². The smallest absolute Gasteiger partial charge is 0.407 e. The van der Waals surface area contributed by atoms with Crippen molar-refractivity contribution in [1.29, 1.82) is 0 Å². The third-order valence-corrected chi connectivity index (χ3v) is 6.45. The van der Waals surface area contributed by atoms with E-state index in [0.717, 1.165) is 22.4 Å². The Kier molecular flexibility index (Phi) is 5.76. The number of aryl methyl sites for hydroxylation is 1. The van der Waals surface area contributed by atoms with Crippen LogP contribution in [0.15, 0.2) is 88.1 Å². The van der Waals surface area contributed by atoms with Crippen molar-refractivity contribution in [1.82, 2.24) is 4.57 Å². The highest BCUT2D eigenvalue weighted by Gasteiger charge is 2.21. The average molecular weight is 428 g/mol. The van der Waals surface area contributed by atoms with Crippen LogP contribution in [-0.2, 0) is 13.0 Å². The van der Waals surface area contributed by atoms with Crippen LogP contribution in [0.2, 0.25) is 0 Å². The molecule has 1 aliphatic rings. The molecule has 1 fully saturated rings. The van der Waals surface area contributed by atoms with Crippen LogP contribution >= 0.6 is 0 Å². The molecule has 4 heteroatoms. The zero-order valence-electron chi connectivity index (χ0n) is 18.0. The third kappa shape index (κ3) is 4.05.